The summed E-state index contributed by atoms with van der Waals surface area (Å²) in [6, 6.07) is 14.2. The van der Waals surface area contributed by atoms with Crippen molar-refractivity contribution in [3.8, 4) is 0 Å². The number of aromatic carboxylic acids is 1. The normalized spacial score (nSPS) is 16.4. The summed E-state index contributed by atoms with van der Waals surface area (Å²) < 4.78 is 5.36. The summed E-state index contributed by atoms with van der Waals surface area (Å²) in [6.07, 6.45) is 1.35. The van der Waals surface area contributed by atoms with E-state index in [9.17, 15) is 9.59 Å². The third-order valence-electron chi connectivity index (χ3n) is 4.07. The molecule has 0 aliphatic carbocycles. The molecule has 3 rings (SSSR count). The van der Waals surface area contributed by atoms with Gasteiger partial charge in [0, 0.05) is 24.5 Å². The quantitative estimate of drug-likeness (QED) is 0.752. The molecule has 6 nitrogen and oxygen atoms in total. The minimum absolute atomic E-state index is 0.100. The molecule has 1 unspecified atom stereocenters. The second-order valence-electron chi connectivity index (χ2n) is 5.92. The Hall–Kier alpha value is -2.86. The molecule has 1 heterocycles. The van der Waals surface area contributed by atoms with E-state index in [1.165, 1.54) is 0 Å². The summed E-state index contributed by atoms with van der Waals surface area (Å²) in [7, 11) is 0. The highest BCUT2D eigenvalue weighted by Crippen LogP contribution is 2.18. The third-order valence-corrected chi connectivity index (χ3v) is 4.07. The largest absolute Gasteiger partial charge is 0.478 e. The highest BCUT2D eigenvalue weighted by atomic mass is 16.5. The molecule has 1 atom stereocenters. The maximum Gasteiger partial charge on any atom is 0.335 e. The molecule has 0 bridgehead atoms. The fraction of sp³-hybridized carbons (Fsp3) is 0.263. The number of ether oxygens (including phenoxy) is 1. The number of carboxylic acids is 1. The van der Waals surface area contributed by atoms with Crippen LogP contribution in [-0.4, -0.2) is 29.7 Å². The molecule has 3 N–H and O–H groups in total. The van der Waals surface area contributed by atoms with Gasteiger partial charge in [-0.05, 0) is 54.8 Å². The van der Waals surface area contributed by atoms with E-state index in [4.69, 9.17) is 9.84 Å². The molecule has 2 aromatic rings. The van der Waals surface area contributed by atoms with Gasteiger partial charge in [0.15, 0.2) is 0 Å². The van der Waals surface area contributed by atoms with Crippen LogP contribution in [0.25, 0.3) is 0 Å². The van der Waals surface area contributed by atoms with Gasteiger partial charge in [0.1, 0.15) is 6.10 Å². The average Bonchev–Trinajstić information content (AvgIpc) is 3.16. The van der Waals surface area contributed by atoms with Crippen LogP contribution >= 0.6 is 0 Å². The van der Waals surface area contributed by atoms with Crippen LogP contribution in [0.2, 0.25) is 0 Å². The molecule has 0 saturated carbocycles. The van der Waals surface area contributed by atoms with Crippen molar-refractivity contribution in [2.45, 2.75) is 25.5 Å². The molecular formula is C19H20N2O4. The molecule has 0 aromatic heterocycles. The maximum atomic E-state index is 12.0. The first kappa shape index (κ1) is 17.0. The molecule has 0 radical (unpaired) electrons. The SMILES string of the molecule is O=C(O)c1ccc(CNc2ccc(NC(=O)C3CCCO3)cc2)cc1. The summed E-state index contributed by atoms with van der Waals surface area (Å²) in [5, 5.41) is 15.0. The number of hydrogen-bond acceptors (Lipinski definition) is 4. The molecule has 1 saturated heterocycles. The fourth-order valence-corrected chi connectivity index (χ4v) is 2.65. The number of carboxylic acid groups (broad SMARTS) is 1. The van der Waals surface area contributed by atoms with Crippen molar-refractivity contribution in [1.82, 2.24) is 0 Å². The van der Waals surface area contributed by atoms with E-state index >= 15 is 0 Å². The van der Waals surface area contributed by atoms with Crippen LogP contribution in [0.15, 0.2) is 48.5 Å². The highest BCUT2D eigenvalue weighted by Gasteiger charge is 2.23. The Kier molecular flexibility index (Phi) is 5.30. The summed E-state index contributed by atoms with van der Waals surface area (Å²) in [5.41, 5.74) is 2.91. The maximum absolute atomic E-state index is 12.0. The van der Waals surface area contributed by atoms with E-state index < -0.39 is 5.97 Å². The number of nitrogens with one attached hydrogen (secondary N) is 2. The predicted molar refractivity (Wildman–Crippen MR) is 94.8 cm³/mol. The second-order valence-corrected chi connectivity index (χ2v) is 5.92. The van der Waals surface area contributed by atoms with Crippen molar-refractivity contribution >= 4 is 23.3 Å². The molecule has 1 aliphatic rings. The average molecular weight is 340 g/mol. The van der Waals surface area contributed by atoms with Crippen molar-refractivity contribution < 1.29 is 19.4 Å². The van der Waals surface area contributed by atoms with E-state index in [0.29, 0.717) is 13.2 Å². The Morgan fingerprint density at radius 1 is 1.04 bits per heavy atom. The van der Waals surface area contributed by atoms with Crippen LogP contribution in [0.1, 0.15) is 28.8 Å². The Morgan fingerprint density at radius 3 is 2.32 bits per heavy atom. The molecule has 1 fully saturated rings. The van der Waals surface area contributed by atoms with Crippen molar-refractivity contribution in [3.63, 3.8) is 0 Å². The van der Waals surface area contributed by atoms with E-state index in [-0.39, 0.29) is 17.6 Å². The van der Waals surface area contributed by atoms with Gasteiger partial charge in [-0.2, -0.15) is 0 Å². The lowest BCUT2D eigenvalue weighted by molar-refractivity contribution is -0.124. The van der Waals surface area contributed by atoms with Crippen LogP contribution in [0.4, 0.5) is 11.4 Å². The van der Waals surface area contributed by atoms with Crippen LogP contribution < -0.4 is 10.6 Å². The van der Waals surface area contributed by atoms with Crippen molar-refractivity contribution in [3.05, 3.63) is 59.7 Å². The van der Waals surface area contributed by atoms with Crippen molar-refractivity contribution in [1.29, 1.82) is 0 Å². The van der Waals surface area contributed by atoms with Gasteiger partial charge in [-0.3, -0.25) is 4.79 Å². The standard InChI is InChI=1S/C19H20N2O4/c22-18(17-2-1-11-25-17)21-16-9-7-15(8-10-16)20-12-13-3-5-14(6-4-13)19(23)24/h3-10,17,20H,1-2,11-12H2,(H,21,22)(H,23,24). The summed E-state index contributed by atoms with van der Waals surface area (Å²) >= 11 is 0. The van der Waals surface area contributed by atoms with E-state index in [1.807, 2.05) is 24.3 Å². The van der Waals surface area contributed by atoms with Crippen molar-refractivity contribution in [2.24, 2.45) is 0 Å². The van der Waals surface area contributed by atoms with Crippen LogP contribution in [0.3, 0.4) is 0 Å². The molecule has 25 heavy (non-hydrogen) atoms. The number of carbonyl (C=O) groups excluding carboxylic acids is 1. The lowest BCUT2D eigenvalue weighted by atomic mass is 10.1. The van der Waals surface area contributed by atoms with Gasteiger partial charge in [0.25, 0.3) is 5.91 Å². The molecule has 2 aromatic carbocycles. The first-order valence-corrected chi connectivity index (χ1v) is 8.20. The third kappa shape index (κ3) is 4.58. The minimum atomic E-state index is -0.930. The van der Waals surface area contributed by atoms with Crippen LogP contribution in [0.5, 0.6) is 0 Å². The Labute approximate surface area is 145 Å². The zero-order valence-electron chi connectivity index (χ0n) is 13.7. The number of benzene rings is 2. The van der Waals surface area contributed by atoms with Crippen LogP contribution in [-0.2, 0) is 16.1 Å². The smallest absolute Gasteiger partial charge is 0.335 e. The lowest BCUT2D eigenvalue weighted by Crippen LogP contribution is -2.26. The van der Waals surface area contributed by atoms with E-state index in [1.54, 1.807) is 24.3 Å². The first-order valence-electron chi connectivity index (χ1n) is 8.20. The molecule has 1 amide bonds. The van der Waals surface area contributed by atoms with Gasteiger partial charge in [0.2, 0.25) is 0 Å². The predicted octanol–water partition coefficient (Wildman–Crippen LogP) is 3.11. The van der Waals surface area contributed by atoms with Gasteiger partial charge in [0.05, 0.1) is 5.56 Å². The summed E-state index contributed by atoms with van der Waals surface area (Å²) in [6.45, 7) is 1.23. The first-order chi connectivity index (χ1) is 12.1. The Balaban J connectivity index is 1.51. The second kappa shape index (κ2) is 7.81. The zero-order valence-corrected chi connectivity index (χ0v) is 13.7. The van der Waals surface area contributed by atoms with Gasteiger partial charge < -0.3 is 20.5 Å². The molecule has 1 aliphatic heterocycles. The molecule has 6 heteroatoms. The van der Waals surface area contributed by atoms with E-state index in [2.05, 4.69) is 10.6 Å². The highest BCUT2D eigenvalue weighted by molar-refractivity contribution is 5.94. The van der Waals surface area contributed by atoms with Gasteiger partial charge >= 0.3 is 5.97 Å². The molecular weight excluding hydrogens is 320 g/mol. The number of anilines is 2. The van der Waals surface area contributed by atoms with Crippen LogP contribution in [0, 0.1) is 0 Å². The van der Waals surface area contributed by atoms with Gasteiger partial charge in [-0.25, -0.2) is 4.79 Å². The number of rotatable bonds is 6. The van der Waals surface area contributed by atoms with Gasteiger partial charge in [-0.1, -0.05) is 12.1 Å². The Morgan fingerprint density at radius 2 is 1.72 bits per heavy atom. The molecule has 0 spiro atoms. The number of carbonyl (C=O) groups is 2. The van der Waals surface area contributed by atoms with E-state index in [0.717, 1.165) is 29.8 Å². The Bertz CT molecular complexity index is 735. The summed E-state index contributed by atoms with van der Waals surface area (Å²) in [4.78, 5) is 22.8. The number of hydrogen-bond donors (Lipinski definition) is 3. The monoisotopic (exact) mass is 340 g/mol. The minimum Gasteiger partial charge on any atom is -0.478 e. The summed E-state index contributed by atoms with van der Waals surface area (Å²) in [5.74, 6) is -1.03. The lowest BCUT2D eigenvalue weighted by Gasteiger charge is -2.11. The van der Waals surface area contributed by atoms with Crippen molar-refractivity contribution in [2.75, 3.05) is 17.2 Å². The molecule has 130 valence electrons. The fourth-order valence-electron chi connectivity index (χ4n) is 2.65. The zero-order chi connectivity index (χ0) is 17.6. The topological polar surface area (TPSA) is 87.7 Å². The van der Waals surface area contributed by atoms with Gasteiger partial charge in [-0.15, -0.1) is 0 Å². The number of amides is 1.